The lowest BCUT2D eigenvalue weighted by molar-refractivity contribution is 0.673. The fraction of sp³-hybridized carbons (Fsp3) is 0.714. The highest BCUT2D eigenvalue weighted by atomic mass is 13.9. The molecule has 0 rings (SSSR count). The average molecular weight is 194 g/mol. The molecule has 0 amide bonds. The van der Waals surface area contributed by atoms with E-state index in [0.29, 0.717) is 0 Å². The maximum atomic E-state index is 3.72. The van der Waals surface area contributed by atoms with Crippen LogP contribution in [0.25, 0.3) is 0 Å². The summed E-state index contributed by atoms with van der Waals surface area (Å²) in [6, 6.07) is 0. The summed E-state index contributed by atoms with van der Waals surface area (Å²) in [6.07, 6.45) is 18.5. The van der Waals surface area contributed by atoms with Crippen molar-refractivity contribution in [2.45, 2.75) is 64.7 Å². The SMILES string of the molecule is C=CCCCC/C=C\CCCCCC. The van der Waals surface area contributed by atoms with Gasteiger partial charge in [-0.05, 0) is 38.5 Å². The fourth-order valence-corrected chi connectivity index (χ4v) is 1.48. The van der Waals surface area contributed by atoms with Gasteiger partial charge in [0.1, 0.15) is 0 Å². The van der Waals surface area contributed by atoms with Crippen LogP contribution in [-0.4, -0.2) is 0 Å². The van der Waals surface area contributed by atoms with Crippen molar-refractivity contribution >= 4 is 0 Å². The molecular formula is C14H26. The van der Waals surface area contributed by atoms with Crippen LogP contribution in [0.5, 0.6) is 0 Å². The minimum atomic E-state index is 1.17. The van der Waals surface area contributed by atoms with Crippen LogP contribution in [0.1, 0.15) is 64.7 Å². The molecular weight excluding hydrogens is 168 g/mol. The van der Waals surface area contributed by atoms with Gasteiger partial charge in [-0.3, -0.25) is 0 Å². The van der Waals surface area contributed by atoms with Crippen LogP contribution in [0.3, 0.4) is 0 Å². The van der Waals surface area contributed by atoms with Gasteiger partial charge in [0.15, 0.2) is 0 Å². The number of allylic oxidation sites excluding steroid dienone is 3. The van der Waals surface area contributed by atoms with Gasteiger partial charge < -0.3 is 0 Å². The minimum absolute atomic E-state index is 1.17. The summed E-state index contributed by atoms with van der Waals surface area (Å²) in [5.74, 6) is 0. The smallest absolute Gasteiger partial charge is 0.0351 e. The molecule has 82 valence electrons. The van der Waals surface area contributed by atoms with Crippen LogP contribution >= 0.6 is 0 Å². The van der Waals surface area contributed by atoms with Gasteiger partial charge in [0.05, 0.1) is 0 Å². The Morgan fingerprint density at radius 1 is 0.786 bits per heavy atom. The van der Waals surface area contributed by atoms with Gasteiger partial charge in [-0.1, -0.05) is 44.4 Å². The first-order valence-corrected chi connectivity index (χ1v) is 6.17. The molecule has 0 spiro atoms. The van der Waals surface area contributed by atoms with E-state index in [4.69, 9.17) is 0 Å². The zero-order valence-corrected chi connectivity index (χ0v) is 9.80. The number of unbranched alkanes of at least 4 members (excludes halogenated alkanes) is 7. The highest BCUT2D eigenvalue weighted by Crippen LogP contribution is 2.05. The maximum absolute atomic E-state index is 3.72. The summed E-state index contributed by atoms with van der Waals surface area (Å²) in [5, 5.41) is 0. The Labute approximate surface area is 90.1 Å². The Morgan fingerprint density at radius 3 is 1.93 bits per heavy atom. The van der Waals surface area contributed by atoms with Crippen LogP contribution in [0.2, 0.25) is 0 Å². The third-order valence-electron chi connectivity index (χ3n) is 2.42. The van der Waals surface area contributed by atoms with E-state index in [1.807, 2.05) is 6.08 Å². The zero-order chi connectivity index (χ0) is 10.5. The molecule has 0 aliphatic rings. The third-order valence-corrected chi connectivity index (χ3v) is 2.42. The van der Waals surface area contributed by atoms with Crippen LogP contribution in [-0.2, 0) is 0 Å². The number of hydrogen-bond donors (Lipinski definition) is 0. The van der Waals surface area contributed by atoms with Gasteiger partial charge >= 0.3 is 0 Å². The summed E-state index contributed by atoms with van der Waals surface area (Å²) >= 11 is 0. The Balaban J connectivity index is 2.99. The van der Waals surface area contributed by atoms with Crippen LogP contribution in [0, 0.1) is 0 Å². The monoisotopic (exact) mass is 194 g/mol. The molecule has 0 radical (unpaired) electrons. The van der Waals surface area contributed by atoms with E-state index in [1.54, 1.807) is 0 Å². The van der Waals surface area contributed by atoms with Gasteiger partial charge in [-0.15, -0.1) is 6.58 Å². The highest BCUT2D eigenvalue weighted by molar-refractivity contribution is 4.81. The molecule has 0 nitrogen and oxygen atoms in total. The lowest BCUT2D eigenvalue weighted by Gasteiger charge is -1.95. The van der Waals surface area contributed by atoms with Crippen molar-refractivity contribution in [3.05, 3.63) is 24.8 Å². The molecule has 0 aliphatic heterocycles. The number of hydrogen-bond acceptors (Lipinski definition) is 0. The summed E-state index contributed by atoms with van der Waals surface area (Å²) < 4.78 is 0. The third kappa shape index (κ3) is 11.5. The van der Waals surface area contributed by atoms with Crippen molar-refractivity contribution in [2.24, 2.45) is 0 Å². The van der Waals surface area contributed by atoms with Gasteiger partial charge in [-0.25, -0.2) is 0 Å². The topological polar surface area (TPSA) is 0 Å². The molecule has 0 aromatic heterocycles. The lowest BCUT2D eigenvalue weighted by atomic mass is 10.1. The largest absolute Gasteiger partial charge is 0.103 e. The van der Waals surface area contributed by atoms with Crippen LogP contribution in [0.15, 0.2) is 24.8 Å². The molecule has 0 atom stereocenters. The molecule has 0 heterocycles. The number of rotatable bonds is 10. The van der Waals surface area contributed by atoms with Gasteiger partial charge in [-0.2, -0.15) is 0 Å². The molecule has 0 aliphatic carbocycles. The predicted molar refractivity (Wildman–Crippen MR) is 66.6 cm³/mol. The van der Waals surface area contributed by atoms with E-state index < -0.39 is 0 Å². The summed E-state index contributed by atoms with van der Waals surface area (Å²) in [4.78, 5) is 0. The Kier molecular flexibility index (Phi) is 12.0. The second-order valence-electron chi connectivity index (χ2n) is 3.89. The van der Waals surface area contributed by atoms with Gasteiger partial charge in [0.25, 0.3) is 0 Å². The molecule has 14 heavy (non-hydrogen) atoms. The van der Waals surface area contributed by atoms with Crippen molar-refractivity contribution in [2.75, 3.05) is 0 Å². The minimum Gasteiger partial charge on any atom is -0.103 e. The second kappa shape index (κ2) is 12.5. The van der Waals surface area contributed by atoms with Gasteiger partial charge in [0, 0.05) is 0 Å². The molecule has 0 aromatic carbocycles. The van der Waals surface area contributed by atoms with E-state index >= 15 is 0 Å². The molecule has 0 bridgehead atoms. The standard InChI is InChI=1S/C14H26/c1-3-5-7-9-11-13-14-12-10-8-6-4-2/h3,13-14H,1,4-12H2,2H3/b14-13-. The second-order valence-corrected chi connectivity index (χ2v) is 3.89. The van der Waals surface area contributed by atoms with E-state index in [-0.39, 0.29) is 0 Å². The summed E-state index contributed by atoms with van der Waals surface area (Å²) in [6.45, 7) is 5.98. The first-order valence-electron chi connectivity index (χ1n) is 6.17. The first-order chi connectivity index (χ1) is 6.91. The zero-order valence-electron chi connectivity index (χ0n) is 9.80. The lowest BCUT2D eigenvalue weighted by Crippen LogP contribution is -1.75. The highest BCUT2D eigenvalue weighted by Gasteiger charge is 1.85. The van der Waals surface area contributed by atoms with Crippen LogP contribution < -0.4 is 0 Å². The first kappa shape index (κ1) is 13.5. The van der Waals surface area contributed by atoms with E-state index in [9.17, 15) is 0 Å². The molecule has 0 heteroatoms. The maximum Gasteiger partial charge on any atom is -0.0351 e. The molecule has 0 N–H and O–H groups in total. The predicted octanol–water partition coefficient (Wildman–Crippen LogP) is 5.26. The van der Waals surface area contributed by atoms with Crippen molar-refractivity contribution in [1.82, 2.24) is 0 Å². The van der Waals surface area contributed by atoms with Crippen molar-refractivity contribution < 1.29 is 0 Å². The Morgan fingerprint density at radius 2 is 1.36 bits per heavy atom. The van der Waals surface area contributed by atoms with Crippen molar-refractivity contribution in [3.63, 3.8) is 0 Å². The molecule has 0 saturated heterocycles. The molecule has 0 fully saturated rings. The van der Waals surface area contributed by atoms with E-state index in [2.05, 4.69) is 25.7 Å². The fourth-order valence-electron chi connectivity index (χ4n) is 1.48. The van der Waals surface area contributed by atoms with E-state index in [1.165, 1.54) is 57.8 Å². The average Bonchev–Trinajstić information content (AvgIpc) is 2.21. The summed E-state index contributed by atoms with van der Waals surface area (Å²) in [7, 11) is 0. The Hall–Kier alpha value is -0.520. The quantitative estimate of drug-likeness (QED) is 0.329. The molecule has 0 unspecified atom stereocenters. The normalized spacial score (nSPS) is 10.9. The van der Waals surface area contributed by atoms with Gasteiger partial charge in [0.2, 0.25) is 0 Å². The summed E-state index contributed by atoms with van der Waals surface area (Å²) in [5.41, 5.74) is 0. The van der Waals surface area contributed by atoms with Crippen molar-refractivity contribution in [3.8, 4) is 0 Å². The Bertz CT molecular complexity index is 133. The molecule has 0 aromatic rings. The van der Waals surface area contributed by atoms with Crippen molar-refractivity contribution in [1.29, 1.82) is 0 Å². The molecule has 0 saturated carbocycles. The van der Waals surface area contributed by atoms with Crippen LogP contribution in [0.4, 0.5) is 0 Å². The van der Waals surface area contributed by atoms with E-state index in [0.717, 1.165) is 0 Å².